The fourth-order valence-corrected chi connectivity index (χ4v) is 3.02. The molecule has 3 rings (SSSR count). The van der Waals surface area contributed by atoms with E-state index in [0.29, 0.717) is 6.42 Å². The van der Waals surface area contributed by atoms with E-state index in [-0.39, 0.29) is 31.6 Å². The van der Waals surface area contributed by atoms with E-state index in [1.54, 1.807) is 0 Å². The van der Waals surface area contributed by atoms with Crippen LogP contribution in [0.4, 0.5) is 0 Å². The Labute approximate surface area is 186 Å². The first kappa shape index (κ1) is 23.0. The maximum Gasteiger partial charge on any atom is 0.164 e. The summed E-state index contributed by atoms with van der Waals surface area (Å²) in [4.78, 5) is 16.8. The zero-order valence-corrected chi connectivity index (χ0v) is 19.4. The third-order valence-corrected chi connectivity index (χ3v) is 4.69. The van der Waals surface area contributed by atoms with Crippen LogP contribution in [0.25, 0.3) is 22.0 Å². The molecule has 0 saturated carbocycles. The van der Waals surface area contributed by atoms with Gasteiger partial charge in [0.05, 0.1) is 5.76 Å². The molecule has 29 heavy (non-hydrogen) atoms. The standard InChI is InChI=1S/C25H26NO2.Ir/c1-25(2,3)24(28)17-20(27)13-7-11-19-12-8-16-23(26-19)22-15-6-10-18-9-4-5-14-21(18)22;/h4-6,8-10,12,14,16-17,27H,7,11,13H2,1-3H3;/q-1;. The van der Waals surface area contributed by atoms with Crippen molar-refractivity contribution in [2.75, 3.05) is 0 Å². The largest absolute Gasteiger partial charge is 0.512 e. The van der Waals surface area contributed by atoms with Crippen molar-refractivity contribution in [3.63, 3.8) is 0 Å². The Kier molecular flexibility index (Phi) is 7.89. The predicted molar refractivity (Wildman–Crippen MR) is 114 cm³/mol. The van der Waals surface area contributed by atoms with Gasteiger partial charge in [0.15, 0.2) is 5.78 Å². The zero-order valence-electron chi connectivity index (χ0n) is 17.0. The van der Waals surface area contributed by atoms with Crippen LogP contribution in [0.1, 0.15) is 39.3 Å². The van der Waals surface area contributed by atoms with Crippen molar-refractivity contribution in [1.82, 2.24) is 4.98 Å². The Morgan fingerprint density at radius 3 is 2.62 bits per heavy atom. The molecule has 0 aliphatic heterocycles. The average Bonchev–Trinajstić information content (AvgIpc) is 2.67. The number of carbonyl (C=O) groups is 1. The second-order valence-electron chi connectivity index (χ2n) is 8.06. The molecule has 0 unspecified atom stereocenters. The number of aryl methyl sites for hydroxylation is 1. The molecule has 3 aromatic rings. The molecule has 1 radical (unpaired) electrons. The summed E-state index contributed by atoms with van der Waals surface area (Å²) in [5.41, 5.74) is 2.39. The number of nitrogens with zero attached hydrogens (tertiary/aromatic N) is 1. The predicted octanol–water partition coefficient (Wildman–Crippen LogP) is 6.08. The van der Waals surface area contributed by atoms with Gasteiger partial charge in [0.1, 0.15) is 0 Å². The van der Waals surface area contributed by atoms with Crippen molar-refractivity contribution in [3.05, 3.63) is 78.2 Å². The third kappa shape index (κ3) is 6.09. The number of rotatable bonds is 6. The molecule has 2 aromatic carbocycles. The number of pyridine rings is 1. The second kappa shape index (κ2) is 9.95. The molecule has 0 bridgehead atoms. The molecule has 3 nitrogen and oxygen atoms in total. The number of benzene rings is 2. The van der Waals surface area contributed by atoms with E-state index < -0.39 is 5.41 Å². The average molecular weight is 565 g/mol. The van der Waals surface area contributed by atoms with Crippen molar-refractivity contribution >= 4 is 16.6 Å². The second-order valence-corrected chi connectivity index (χ2v) is 8.06. The minimum atomic E-state index is -0.473. The summed E-state index contributed by atoms with van der Waals surface area (Å²) in [6, 6.07) is 21.5. The first-order chi connectivity index (χ1) is 13.3. The summed E-state index contributed by atoms with van der Waals surface area (Å²) in [5.74, 6) is 0.0788. The smallest absolute Gasteiger partial charge is 0.164 e. The quantitative estimate of drug-likeness (QED) is 0.224. The summed E-state index contributed by atoms with van der Waals surface area (Å²) < 4.78 is 0. The summed E-state index contributed by atoms with van der Waals surface area (Å²) in [7, 11) is 0. The number of fused-ring (bicyclic) bond motifs is 1. The maximum absolute atomic E-state index is 12.0. The Hall–Kier alpha value is -2.29. The number of carbonyl (C=O) groups excluding carboxylic acids is 1. The van der Waals surface area contributed by atoms with Gasteiger partial charge in [0.2, 0.25) is 0 Å². The van der Waals surface area contributed by atoms with Crippen LogP contribution in [-0.4, -0.2) is 15.9 Å². The molecule has 1 heterocycles. The number of ketones is 1. The summed E-state index contributed by atoms with van der Waals surface area (Å²) in [6.45, 7) is 5.54. The van der Waals surface area contributed by atoms with E-state index in [1.807, 2.05) is 57.2 Å². The van der Waals surface area contributed by atoms with Crippen molar-refractivity contribution in [3.8, 4) is 11.3 Å². The Balaban J connectivity index is 0.00000300. The normalized spacial score (nSPS) is 11.9. The SMILES string of the molecule is CC(C)(C)C(=O)C=C(O)CCCc1cccc(-c2[c-]ccc3ccccc23)n1.[Ir]. The molecule has 0 fully saturated rings. The van der Waals surface area contributed by atoms with Crippen LogP contribution in [-0.2, 0) is 31.3 Å². The molecule has 1 aromatic heterocycles. The molecule has 1 N–H and O–H groups in total. The summed E-state index contributed by atoms with van der Waals surface area (Å²) >= 11 is 0. The van der Waals surface area contributed by atoms with Crippen molar-refractivity contribution in [1.29, 1.82) is 0 Å². The minimum Gasteiger partial charge on any atom is -0.512 e. The van der Waals surface area contributed by atoms with Crippen molar-refractivity contribution < 1.29 is 30.0 Å². The van der Waals surface area contributed by atoms with E-state index in [2.05, 4.69) is 24.3 Å². The van der Waals surface area contributed by atoms with Crippen molar-refractivity contribution in [2.45, 2.75) is 40.0 Å². The van der Waals surface area contributed by atoms with Crippen LogP contribution >= 0.6 is 0 Å². The van der Waals surface area contributed by atoms with Crippen LogP contribution < -0.4 is 0 Å². The fourth-order valence-electron chi connectivity index (χ4n) is 3.02. The van der Waals surface area contributed by atoms with Gasteiger partial charge in [-0.1, -0.05) is 62.6 Å². The van der Waals surface area contributed by atoms with E-state index in [0.717, 1.165) is 35.2 Å². The van der Waals surface area contributed by atoms with E-state index in [4.69, 9.17) is 4.98 Å². The van der Waals surface area contributed by atoms with Crippen LogP contribution in [0, 0.1) is 11.5 Å². The van der Waals surface area contributed by atoms with E-state index in [1.165, 1.54) is 11.5 Å². The first-order valence-corrected chi connectivity index (χ1v) is 9.64. The van der Waals surface area contributed by atoms with Crippen LogP contribution in [0.3, 0.4) is 0 Å². The topological polar surface area (TPSA) is 50.2 Å². The Bertz CT molecular complexity index is 1010. The van der Waals surface area contributed by atoms with E-state index >= 15 is 0 Å². The first-order valence-electron chi connectivity index (χ1n) is 9.64. The summed E-state index contributed by atoms with van der Waals surface area (Å²) in [6.07, 6.45) is 3.29. The van der Waals surface area contributed by atoms with E-state index in [9.17, 15) is 9.90 Å². The van der Waals surface area contributed by atoms with Gasteiger partial charge >= 0.3 is 0 Å². The number of aromatic nitrogens is 1. The number of hydrogen-bond acceptors (Lipinski definition) is 3. The molecule has 0 spiro atoms. The van der Waals surface area contributed by atoms with Gasteiger partial charge in [0.25, 0.3) is 0 Å². The van der Waals surface area contributed by atoms with Crippen LogP contribution in [0.2, 0.25) is 0 Å². The van der Waals surface area contributed by atoms with Gasteiger partial charge in [-0.15, -0.1) is 29.1 Å². The number of aliphatic hydroxyl groups is 1. The number of allylic oxidation sites excluding steroid dienone is 2. The molecule has 0 amide bonds. The molecule has 4 heteroatoms. The van der Waals surface area contributed by atoms with Gasteiger partial charge in [-0.3, -0.25) is 4.79 Å². The fraction of sp³-hybridized carbons (Fsp3) is 0.280. The monoisotopic (exact) mass is 565 g/mol. The van der Waals surface area contributed by atoms with Crippen LogP contribution in [0.15, 0.2) is 66.4 Å². The van der Waals surface area contributed by atoms with Crippen LogP contribution in [0.5, 0.6) is 0 Å². The number of hydrogen-bond donors (Lipinski definition) is 1. The molecule has 0 aliphatic carbocycles. The van der Waals surface area contributed by atoms with Gasteiger partial charge in [0, 0.05) is 43.7 Å². The zero-order chi connectivity index (χ0) is 20.1. The van der Waals surface area contributed by atoms with Gasteiger partial charge in [-0.05, 0) is 24.6 Å². The Morgan fingerprint density at radius 1 is 1.10 bits per heavy atom. The molecule has 0 atom stereocenters. The van der Waals surface area contributed by atoms with Crippen molar-refractivity contribution in [2.24, 2.45) is 5.41 Å². The van der Waals surface area contributed by atoms with Gasteiger partial charge in [-0.25, -0.2) is 0 Å². The molecular formula is C25H26IrNO2-. The minimum absolute atomic E-state index is 0. The molecule has 0 aliphatic rings. The molecular weight excluding hydrogens is 538 g/mol. The molecule has 0 saturated heterocycles. The maximum atomic E-state index is 12.0. The van der Waals surface area contributed by atoms with Gasteiger partial charge < -0.3 is 10.1 Å². The number of aliphatic hydroxyl groups excluding tert-OH is 1. The summed E-state index contributed by atoms with van der Waals surface area (Å²) in [5, 5.41) is 12.3. The van der Waals surface area contributed by atoms with Gasteiger partial charge in [-0.2, -0.15) is 0 Å². The molecule has 153 valence electrons. The third-order valence-electron chi connectivity index (χ3n) is 4.69. The Morgan fingerprint density at radius 2 is 1.86 bits per heavy atom.